The summed E-state index contributed by atoms with van der Waals surface area (Å²) in [5.74, 6) is 0.309. The van der Waals surface area contributed by atoms with E-state index in [9.17, 15) is 13.2 Å². The van der Waals surface area contributed by atoms with Crippen molar-refractivity contribution >= 4 is 15.7 Å². The normalized spacial score (nSPS) is 23.0. The average molecular weight is 308 g/mol. The van der Waals surface area contributed by atoms with Crippen molar-refractivity contribution in [2.45, 2.75) is 32.5 Å². The van der Waals surface area contributed by atoms with E-state index in [1.54, 1.807) is 0 Å². The summed E-state index contributed by atoms with van der Waals surface area (Å²) in [4.78, 5) is 11.9. The molecule has 6 heteroatoms. The molecule has 1 aromatic carbocycles. The molecule has 1 aromatic rings. The van der Waals surface area contributed by atoms with Crippen molar-refractivity contribution in [3.8, 4) is 0 Å². The lowest BCUT2D eigenvalue weighted by molar-refractivity contribution is -0.122. The molecule has 0 radical (unpaired) electrons. The van der Waals surface area contributed by atoms with E-state index in [0.717, 1.165) is 18.7 Å². The van der Waals surface area contributed by atoms with Crippen molar-refractivity contribution in [1.29, 1.82) is 0 Å². The maximum absolute atomic E-state index is 11.9. The van der Waals surface area contributed by atoms with Gasteiger partial charge in [0.2, 0.25) is 5.91 Å². The molecule has 0 aliphatic carbocycles. The first-order valence-electron chi connectivity index (χ1n) is 7.30. The molecule has 0 bridgehead atoms. The Hall–Kier alpha value is -1.40. The second kappa shape index (κ2) is 5.77. The highest BCUT2D eigenvalue weighted by molar-refractivity contribution is 7.91. The number of carbonyl (C=O) groups excluding carboxylic acids is 1. The average Bonchev–Trinajstić information content (AvgIpc) is 3.02. The lowest BCUT2D eigenvalue weighted by Crippen LogP contribution is -2.25. The molecule has 0 spiro atoms. The van der Waals surface area contributed by atoms with Crippen LogP contribution in [0.25, 0.3) is 0 Å². The lowest BCUT2D eigenvalue weighted by atomic mass is 10.0. The highest BCUT2D eigenvalue weighted by Gasteiger charge is 2.29. The molecule has 114 valence electrons. The van der Waals surface area contributed by atoms with Gasteiger partial charge in [-0.25, -0.2) is 8.42 Å². The molecule has 2 aliphatic rings. The number of amides is 1. The van der Waals surface area contributed by atoms with Crippen LogP contribution in [-0.2, 0) is 34.3 Å². The number of rotatable bonds is 4. The smallest absolute Gasteiger partial charge is 0.220 e. The molecular formula is C15H20N2O3S. The summed E-state index contributed by atoms with van der Waals surface area (Å²) < 4.78 is 22.7. The summed E-state index contributed by atoms with van der Waals surface area (Å²) in [6, 6.07) is 6.25. The molecule has 1 unspecified atom stereocenters. The Morgan fingerprint density at radius 1 is 1.29 bits per heavy atom. The van der Waals surface area contributed by atoms with Gasteiger partial charge in [0.15, 0.2) is 9.84 Å². The monoisotopic (exact) mass is 308 g/mol. The molecule has 5 nitrogen and oxygen atoms in total. The standard InChI is InChI=1S/C15H20N2O3S/c18-15(6-12-3-4-21(19,20)10-12)17-7-11-1-2-13-8-16-9-14(13)5-11/h1-2,5,12,16H,3-4,6-10H2,(H,17,18). The Morgan fingerprint density at radius 3 is 2.86 bits per heavy atom. The summed E-state index contributed by atoms with van der Waals surface area (Å²) in [7, 11) is -2.90. The van der Waals surface area contributed by atoms with E-state index in [0.29, 0.717) is 19.4 Å². The van der Waals surface area contributed by atoms with Crippen molar-refractivity contribution in [2.75, 3.05) is 11.5 Å². The number of nitrogens with one attached hydrogen (secondary N) is 2. The van der Waals surface area contributed by atoms with Gasteiger partial charge in [-0.1, -0.05) is 18.2 Å². The first-order chi connectivity index (χ1) is 10.0. The van der Waals surface area contributed by atoms with E-state index in [-0.39, 0.29) is 23.3 Å². The van der Waals surface area contributed by atoms with Gasteiger partial charge in [0, 0.05) is 26.1 Å². The topological polar surface area (TPSA) is 75.3 Å². The fraction of sp³-hybridized carbons (Fsp3) is 0.533. The highest BCUT2D eigenvalue weighted by Crippen LogP contribution is 2.21. The van der Waals surface area contributed by atoms with Crippen LogP contribution in [0.1, 0.15) is 29.5 Å². The molecule has 2 heterocycles. The molecule has 21 heavy (non-hydrogen) atoms. The number of hydrogen-bond acceptors (Lipinski definition) is 4. The van der Waals surface area contributed by atoms with Crippen LogP contribution in [0.2, 0.25) is 0 Å². The highest BCUT2D eigenvalue weighted by atomic mass is 32.2. The quantitative estimate of drug-likeness (QED) is 0.860. The summed E-state index contributed by atoms with van der Waals surface area (Å²) in [5.41, 5.74) is 3.70. The van der Waals surface area contributed by atoms with Gasteiger partial charge in [-0.05, 0) is 29.0 Å². The van der Waals surface area contributed by atoms with E-state index in [1.807, 2.05) is 6.07 Å². The number of benzene rings is 1. The fourth-order valence-corrected chi connectivity index (χ4v) is 4.89. The minimum absolute atomic E-state index is 0.0146. The first-order valence-corrected chi connectivity index (χ1v) is 9.12. The molecule has 1 saturated heterocycles. The summed E-state index contributed by atoms with van der Waals surface area (Å²) in [6.45, 7) is 2.31. The van der Waals surface area contributed by atoms with E-state index in [4.69, 9.17) is 0 Å². The third kappa shape index (κ3) is 3.63. The SMILES string of the molecule is O=C(CC1CCS(=O)(=O)C1)NCc1ccc2c(c1)CNC2. The minimum atomic E-state index is -2.90. The molecule has 0 aromatic heterocycles. The van der Waals surface area contributed by atoms with Crippen LogP contribution >= 0.6 is 0 Å². The lowest BCUT2D eigenvalue weighted by Gasteiger charge is -2.09. The van der Waals surface area contributed by atoms with Gasteiger partial charge in [-0.2, -0.15) is 0 Å². The third-order valence-corrected chi connectivity index (χ3v) is 6.03. The third-order valence-electron chi connectivity index (χ3n) is 4.19. The molecule has 1 atom stereocenters. The predicted octanol–water partition coefficient (Wildman–Crippen LogP) is 0.731. The molecule has 2 N–H and O–H groups in total. The Kier molecular flexibility index (Phi) is 3.99. The Bertz CT molecular complexity index is 655. The molecule has 1 fully saturated rings. The van der Waals surface area contributed by atoms with E-state index >= 15 is 0 Å². The first kappa shape index (κ1) is 14.5. The fourth-order valence-electron chi connectivity index (χ4n) is 3.03. The number of hydrogen-bond donors (Lipinski definition) is 2. The van der Waals surface area contributed by atoms with Crippen molar-refractivity contribution in [3.63, 3.8) is 0 Å². The number of fused-ring (bicyclic) bond motifs is 1. The van der Waals surface area contributed by atoms with Crippen molar-refractivity contribution in [2.24, 2.45) is 5.92 Å². The van der Waals surface area contributed by atoms with Gasteiger partial charge >= 0.3 is 0 Å². The van der Waals surface area contributed by atoms with Gasteiger partial charge in [-0.15, -0.1) is 0 Å². The minimum Gasteiger partial charge on any atom is -0.352 e. The molecular weight excluding hydrogens is 288 g/mol. The van der Waals surface area contributed by atoms with Crippen molar-refractivity contribution < 1.29 is 13.2 Å². The maximum atomic E-state index is 11.9. The Balaban J connectivity index is 1.50. The number of sulfone groups is 1. The van der Waals surface area contributed by atoms with Crippen LogP contribution in [0.4, 0.5) is 0 Å². The van der Waals surface area contributed by atoms with Gasteiger partial charge in [-0.3, -0.25) is 4.79 Å². The second-order valence-corrected chi connectivity index (χ2v) is 8.19. The number of carbonyl (C=O) groups is 1. The zero-order valence-corrected chi connectivity index (χ0v) is 12.7. The predicted molar refractivity (Wildman–Crippen MR) is 80.2 cm³/mol. The van der Waals surface area contributed by atoms with Gasteiger partial charge in [0.25, 0.3) is 0 Å². The van der Waals surface area contributed by atoms with Crippen LogP contribution < -0.4 is 10.6 Å². The van der Waals surface area contributed by atoms with Gasteiger partial charge in [0.05, 0.1) is 11.5 Å². The molecule has 2 aliphatic heterocycles. The second-order valence-electron chi connectivity index (χ2n) is 5.96. The molecule has 0 saturated carbocycles. The van der Waals surface area contributed by atoms with E-state index in [1.165, 1.54) is 11.1 Å². The van der Waals surface area contributed by atoms with Crippen molar-refractivity contribution in [3.05, 3.63) is 34.9 Å². The summed E-state index contributed by atoms with van der Waals surface area (Å²) >= 11 is 0. The Labute approximate surface area is 125 Å². The van der Waals surface area contributed by atoms with E-state index in [2.05, 4.69) is 22.8 Å². The summed E-state index contributed by atoms with van der Waals surface area (Å²) in [6.07, 6.45) is 0.923. The Morgan fingerprint density at radius 2 is 2.10 bits per heavy atom. The maximum Gasteiger partial charge on any atom is 0.220 e. The molecule has 1 amide bonds. The van der Waals surface area contributed by atoms with Crippen LogP contribution in [0, 0.1) is 5.92 Å². The van der Waals surface area contributed by atoms with Crippen LogP contribution in [0.3, 0.4) is 0 Å². The van der Waals surface area contributed by atoms with Gasteiger partial charge in [0.1, 0.15) is 0 Å². The van der Waals surface area contributed by atoms with Crippen molar-refractivity contribution in [1.82, 2.24) is 10.6 Å². The van der Waals surface area contributed by atoms with Gasteiger partial charge < -0.3 is 10.6 Å². The summed E-state index contributed by atoms with van der Waals surface area (Å²) in [5, 5.41) is 6.18. The largest absolute Gasteiger partial charge is 0.352 e. The van der Waals surface area contributed by atoms with Crippen LogP contribution in [0.5, 0.6) is 0 Å². The van der Waals surface area contributed by atoms with Crippen LogP contribution in [-0.4, -0.2) is 25.8 Å². The van der Waals surface area contributed by atoms with Crippen LogP contribution in [0.15, 0.2) is 18.2 Å². The zero-order chi connectivity index (χ0) is 14.9. The molecule has 3 rings (SSSR count). The zero-order valence-electron chi connectivity index (χ0n) is 11.9. The van der Waals surface area contributed by atoms with E-state index < -0.39 is 9.84 Å².